The van der Waals surface area contributed by atoms with E-state index in [2.05, 4.69) is 69.4 Å². The van der Waals surface area contributed by atoms with Gasteiger partial charge in [-0.2, -0.15) is 0 Å². The molecule has 6 heteroatoms. The quantitative estimate of drug-likeness (QED) is 0.0261. The topological polar surface area (TPSA) is 78.9 Å². The standard InChI is InChI=1S/C71H130O6/c1-4-7-10-13-16-19-22-25-28-31-33-34-35-36-38-40-43-46-49-52-55-58-61-64-70(73)76-67-68(66-75-69(72)63-60-57-54-51-48-45-42-39-30-27-24-21-18-15-12-9-6-3)77-71(74)65-62-59-56-53-50-47-44-41-37-32-29-26-23-20-17-14-11-8-5-2/h9,12,18,21,27,30,42,45,68H,4-8,10-11,13-17,19-20,22-26,28-29,31-41,43-44,46-67H2,1-3H3/b12-9-,21-18-,30-27-,45-42-. The van der Waals surface area contributed by atoms with Crippen LogP contribution in [0.4, 0.5) is 0 Å². The summed E-state index contributed by atoms with van der Waals surface area (Å²) in [7, 11) is 0. The van der Waals surface area contributed by atoms with Crippen LogP contribution in [0.25, 0.3) is 0 Å². The third kappa shape index (κ3) is 64.1. The summed E-state index contributed by atoms with van der Waals surface area (Å²) < 4.78 is 17.0. The van der Waals surface area contributed by atoms with Gasteiger partial charge in [-0.25, -0.2) is 0 Å². The minimum Gasteiger partial charge on any atom is -0.462 e. The number of carbonyl (C=O) groups is 3. The molecule has 450 valence electrons. The minimum absolute atomic E-state index is 0.0757. The number of esters is 3. The van der Waals surface area contributed by atoms with Crippen molar-refractivity contribution in [2.75, 3.05) is 13.2 Å². The first-order chi connectivity index (χ1) is 38.0. The molecule has 0 bridgehead atoms. The van der Waals surface area contributed by atoms with Gasteiger partial charge in [-0.15, -0.1) is 0 Å². The fraction of sp³-hybridized carbons (Fsp3) is 0.845. The molecule has 0 aromatic heterocycles. The van der Waals surface area contributed by atoms with Crippen molar-refractivity contribution < 1.29 is 28.6 Å². The highest BCUT2D eigenvalue weighted by Gasteiger charge is 2.19. The van der Waals surface area contributed by atoms with Gasteiger partial charge in [-0.1, -0.05) is 339 Å². The second-order valence-electron chi connectivity index (χ2n) is 23.1. The molecule has 0 aliphatic heterocycles. The van der Waals surface area contributed by atoms with Gasteiger partial charge in [-0.05, 0) is 57.8 Å². The Morgan fingerprint density at radius 1 is 0.273 bits per heavy atom. The maximum atomic E-state index is 12.9. The first-order valence-electron chi connectivity index (χ1n) is 34.1. The van der Waals surface area contributed by atoms with Gasteiger partial charge in [0.25, 0.3) is 0 Å². The molecule has 0 saturated heterocycles. The first kappa shape index (κ1) is 74.4. The van der Waals surface area contributed by atoms with E-state index in [9.17, 15) is 14.4 Å². The van der Waals surface area contributed by atoms with E-state index in [0.29, 0.717) is 19.3 Å². The lowest BCUT2D eigenvalue weighted by Crippen LogP contribution is -2.30. The van der Waals surface area contributed by atoms with E-state index >= 15 is 0 Å². The lowest BCUT2D eigenvalue weighted by Gasteiger charge is -2.18. The van der Waals surface area contributed by atoms with Crippen molar-refractivity contribution in [1.29, 1.82) is 0 Å². The summed E-state index contributed by atoms with van der Waals surface area (Å²) in [6, 6.07) is 0. The van der Waals surface area contributed by atoms with E-state index in [0.717, 1.165) is 96.3 Å². The molecular weight excluding hydrogens is 949 g/mol. The zero-order valence-corrected chi connectivity index (χ0v) is 51.7. The Labute approximate surface area is 479 Å². The van der Waals surface area contributed by atoms with Gasteiger partial charge in [0.15, 0.2) is 6.10 Å². The van der Waals surface area contributed by atoms with Crippen LogP contribution in [0.3, 0.4) is 0 Å². The Balaban J connectivity index is 4.32. The first-order valence-corrected chi connectivity index (χ1v) is 34.1. The Bertz CT molecular complexity index is 1330. The summed E-state index contributed by atoms with van der Waals surface area (Å²) >= 11 is 0. The molecule has 0 aliphatic rings. The number of rotatable bonds is 63. The number of carbonyl (C=O) groups excluding carboxylic acids is 3. The summed E-state index contributed by atoms with van der Waals surface area (Å²) in [5.41, 5.74) is 0. The van der Waals surface area contributed by atoms with Gasteiger partial charge in [0.05, 0.1) is 0 Å². The summed E-state index contributed by atoms with van der Waals surface area (Å²) in [4.78, 5) is 38.4. The number of unbranched alkanes of at least 4 members (excludes halogenated alkanes) is 44. The van der Waals surface area contributed by atoms with Crippen LogP contribution in [-0.2, 0) is 28.6 Å². The molecular formula is C71H130O6. The van der Waals surface area contributed by atoms with Crippen molar-refractivity contribution in [3.63, 3.8) is 0 Å². The Morgan fingerprint density at radius 2 is 0.506 bits per heavy atom. The Hall–Kier alpha value is -2.63. The SMILES string of the molecule is CC/C=C\C/C=C\C/C=C\C/C=C\CCCCCCC(=O)OCC(COC(=O)CCCCCCCCCCCCCCCCCCCCCCCCC)OC(=O)CCCCCCCCCCCCCCCCCCCCC. The molecule has 0 aliphatic carbocycles. The van der Waals surface area contributed by atoms with Crippen molar-refractivity contribution in [3.05, 3.63) is 48.6 Å². The van der Waals surface area contributed by atoms with Crippen molar-refractivity contribution in [2.24, 2.45) is 0 Å². The summed E-state index contributed by atoms with van der Waals surface area (Å²) in [5, 5.41) is 0. The second kappa shape index (κ2) is 65.9. The van der Waals surface area contributed by atoms with Crippen molar-refractivity contribution in [1.82, 2.24) is 0 Å². The number of allylic oxidation sites excluding steroid dienone is 8. The fourth-order valence-electron chi connectivity index (χ4n) is 10.3. The maximum Gasteiger partial charge on any atom is 0.306 e. The van der Waals surface area contributed by atoms with E-state index in [1.807, 2.05) is 0 Å². The van der Waals surface area contributed by atoms with Crippen LogP contribution in [-0.4, -0.2) is 37.2 Å². The maximum absolute atomic E-state index is 12.9. The Kier molecular flexibility index (Phi) is 63.6. The fourth-order valence-corrected chi connectivity index (χ4v) is 10.3. The molecule has 0 amide bonds. The van der Waals surface area contributed by atoms with Crippen LogP contribution in [0.1, 0.15) is 367 Å². The van der Waals surface area contributed by atoms with Crippen LogP contribution in [0.15, 0.2) is 48.6 Å². The van der Waals surface area contributed by atoms with E-state index in [1.54, 1.807) is 0 Å². The van der Waals surface area contributed by atoms with E-state index in [-0.39, 0.29) is 31.1 Å². The molecule has 0 aromatic rings. The molecule has 77 heavy (non-hydrogen) atoms. The molecule has 6 nitrogen and oxygen atoms in total. The normalized spacial score (nSPS) is 12.3. The molecule has 0 spiro atoms. The largest absolute Gasteiger partial charge is 0.462 e. The minimum atomic E-state index is -0.781. The molecule has 1 atom stereocenters. The van der Waals surface area contributed by atoms with Crippen molar-refractivity contribution >= 4 is 17.9 Å². The third-order valence-corrected chi connectivity index (χ3v) is 15.3. The molecule has 0 saturated carbocycles. The zero-order valence-electron chi connectivity index (χ0n) is 51.7. The van der Waals surface area contributed by atoms with Gasteiger partial charge in [-0.3, -0.25) is 14.4 Å². The average Bonchev–Trinajstić information content (AvgIpc) is 3.43. The van der Waals surface area contributed by atoms with Crippen LogP contribution in [0.2, 0.25) is 0 Å². The predicted octanol–water partition coefficient (Wildman–Crippen LogP) is 23.3. The lowest BCUT2D eigenvalue weighted by atomic mass is 10.0. The zero-order chi connectivity index (χ0) is 55.7. The second-order valence-corrected chi connectivity index (χ2v) is 23.1. The Morgan fingerprint density at radius 3 is 0.792 bits per heavy atom. The monoisotopic (exact) mass is 1080 g/mol. The summed E-state index contributed by atoms with van der Waals surface area (Å²) in [5.74, 6) is -0.873. The van der Waals surface area contributed by atoms with Crippen molar-refractivity contribution in [3.8, 4) is 0 Å². The van der Waals surface area contributed by atoms with E-state index in [4.69, 9.17) is 14.2 Å². The van der Waals surface area contributed by atoms with E-state index in [1.165, 1.54) is 231 Å². The highest BCUT2D eigenvalue weighted by Crippen LogP contribution is 2.18. The van der Waals surface area contributed by atoms with Crippen molar-refractivity contribution in [2.45, 2.75) is 374 Å². The van der Waals surface area contributed by atoms with Gasteiger partial charge in [0.2, 0.25) is 0 Å². The number of hydrogen-bond acceptors (Lipinski definition) is 6. The highest BCUT2D eigenvalue weighted by atomic mass is 16.6. The van der Waals surface area contributed by atoms with Gasteiger partial charge in [0, 0.05) is 19.3 Å². The smallest absolute Gasteiger partial charge is 0.306 e. The third-order valence-electron chi connectivity index (χ3n) is 15.3. The van der Waals surface area contributed by atoms with E-state index < -0.39 is 6.10 Å². The number of hydrogen-bond donors (Lipinski definition) is 0. The van der Waals surface area contributed by atoms with Crippen LogP contribution in [0.5, 0.6) is 0 Å². The number of ether oxygens (including phenoxy) is 3. The molecule has 0 rings (SSSR count). The molecule has 0 N–H and O–H groups in total. The molecule has 0 radical (unpaired) electrons. The van der Waals surface area contributed by atoms with Gasteiger partial charge in [0.1, 0.15) is 13.2 Å². The molecule has 0 aromatic carbocycles. The summed E-state index contributed by atoms with van der Waals surface area (Å²) in [6.07, 6.45) is 82.7. The van der Waals surface area contributed by atoms with Gasteiger partial charge < -0.3 is 14.2 Å². The predicted molar refractivity (Wildman–Crippen MR) is 335 cm³/mol. The molecule has 1 unspecified atom stereocenters. The van der Waals surface area contributed by atoms with Crippen LogP contribution in [0, 0.1) is 0 Å². The molecule has 0 fully saturated rings. The van der Waals surface area contributed by atoms with Crippen LogP contribution >= 0.6 is 0 Å². The molecule has 0 heterocycles. The van der Waals surface area contributed by atoms with Crippen LogP contribution < -0.4 is 0 Å². The lowest BCUT2D eigenvalue weighted by molar-refractivity contribution is -0.167. The van der Waals surface area contributed by atoms with Gasteiger partial charge >= 0.3 is 17.9 Å². The summed E-state index contributed by atoms with van der Waals surface area (Å²) in [6.45, 7) is 6.58. The average molecular weight is 1080 g/mol. The highest BCUT2D eigenvalue weighted by molar-refractivity contribution is 5.71.